The van der Waals surface area contributed by atoms with Gasteiger partial charge in [0.25, 0.3) is 5.79 Å². The molecule has 0 radical (unpaired) electrons. The van der Waals surface area contributed by atoms with E-state index < -0.39 is 11.8 Å². The van der Waals surface area contributed by atoms with Gasteiger partial charge in [-0.3, -0.25) is 4.79 Å². The molecular weight excluding hydrogens is 616 g/mol. The first-order chi connectivity index (χ1) is 22.7. The first-order valence-corrected chi connectivity index (χ1v) is 15.7. The largest absolute Gasteiger partial charge is 0.486 e. The number of hydrogen-bond acceptors (Lipinski definition) is 11. The molecule has 1 unspecified atom stereocenters. The Morgan fingerprint density at radius 3 is 2.11 bits per heavy atom. The van der Waals surface area contributed by atoms with Crippen molar-refractivity contribution in [2.24, 2.45) is 0 Å². The maximum Gasteiger partial charge on any atom is 0.342 e. The Labute approximate surface area is 276 Å². The molecule has 11 heteroatoms. The van der Waals surface area contributed by atoms with Crippen LogP contribution in [0.15, 0.2) is 90.5 Å². The van der Waals surface area contributed by atoms with Crippen LogP contribution in [0.4, 0.5) is 11.4 Å². The van der Waals surface area contributed by atoms with E-state index in [4.69, 9.17) is 14.2 Å². The van der Waals surface area contributed by atoms with Crippen LogP contribution in [0.1, 0.15) is 27.0 Å². The molecule has 0 spiro atoms. The minimum absolute atomic E-state index is 0.299. The SMILES string of the molecule is CN(C)c1ccc(C=O)cc1.CN(C)c1ccc(CC2=C(c3ccc4nsnc4c3)C(=O)OC2(O)c2ccc3c(c2)OCCO3)cc1. The Morgan fingerprint density at radius 2 is 1.45 bits per heavy atom. The molecular formula is C36H34N4O6S. The van der Waals surface area contributed by atoms with E-state index in [1.54, 1.807) is 24.3 Å². The van der Waals surface area contributed by atoms with Crippen LogP contribution in [0, 0.1) is 0 Å². The van der Waals surface area contributed by atoms with Crippen LogP contribution in [-0.2, 0) is 21.7 Å². The smallest absolute Gasteiger partial charge is 0.342 e. The summed E-state index contributed by atoms with van der Waals surface area (Å²) in [5, 5.41) is 12.0. The number of aliphatic hydroxyl groups is 1. The predicted molar refractivity (Wildman–Crippen MR) is 182 cm³/mol. The van der Waals surface area contributed by atoms with Crippen molar-refractivity contribution in [2.45, 2.75) is 12.2 Å². The minimum Gasteiger partial charge on any atom is -0.486 e. The summed E-state index contributed by atoms with van der Waals surface area (Å²) in [7, 11) is 7.89. The highest BCUT2D eigenvalue weighted by Gasteiger charge is 2.48. The van der Waals surface area contributed by atoms with Gasteiger partial charge in [0.05, 0.1) is 17.3 Å². The van der Waals surface area contributed by atoms with Crippen molar-refractivity contribution in [3.05, 3.63) is 113 Å². The van der Waals surface area contributed by atoms with Gasteiger partial charge in [-0.25, -0.2) is 4.79 Å². The van der Waals surface area contributed by atoms with E-state index in [1.165, 1.54) is 0 Å². The molecule has 0 fully saturated rings. The van der Waals surface area contributed by atoms with Gasteiger partial charge in [0.1, 0.15) is 30.5 Å². The van der Waals surface area contributed by atoms with E-state index in [0.29, 0.717) is 58.9 Å². The molecule has 1 N–H and O–H groups in total. The molecule has 0 amide bonds. The first kappa shape index (κ1) is 31.7. The number of carbonyl (C=O) groups is 2. The average Bonchev–Trinajstić information content (AvgIpc) is 3.66. The van der Waals surface area contributed by atoms with Gasteiger partial charge in [0.15, 0.2) is 11.5 Å². The van der Waals surface area contributed by atoms with Gasteiger partial charge in [-0.1, -0.05) is 18.2 Å². The van der Waals surface area contributed by atoms with E-state index in [-0.39, 0.29) is 0 Å². The van der Waals surface area contributed by atoms with Gasteiger partial charge in [-0.05, 0) is 77.9 Å². The van der Waals surface area contributed by atoms with Crippen molar-refractivity contribution < 1.29 is 28.9 Å². The molecule has 0 saturated heterocycles. The van der Waals surface area contributed by atoms with Crippen LogP contribution in [-0.4, -0.2) is 67.5 Å². The molecule has 0 aliphatic carbocycles. The summed E-state index contributed by atoms with van der Waals surface area (Å²) in [4.78, 5) is 27.6. The lowest BCUT2D eigenvalue weighted by molar-refractivity contribution is -0.185. The molecule has 3 heterocycles. The van der Waals surface area contributed by atoms with Crippen molar-refractivity contribution in [2.75, 3.05) is 51.2 Å². The second kappa shape index (κ2) is 13.2. The van der Waals surface area contributed by atoms with Crippen molar-refractivity contribution in [3.8, 4) is 11.5 Å². The quantitative estimate of drug-likeness (QED) is 0.179. The topological polar surface area (TPSA) is 114 Å². The summed E-state index contributed by atoms with van der Waals surface area (Å²) in [6.07, 6.45) is 1.15. The summed E-state index contributed by atoms with van der Waals surface area (Å²) in [6.45, 7) is 0.861. The fraction of sp³-hybridized carbons (Fsp3) is 0.222. The Hall–Kier alpha value is -5.26. The summed E-state index contributed by atoms with van der Waals surface area (Å²) >= 11 is 1.11. The lowest BCUT2D eigenvalue weighted by Crippen LogP contribution is -2.30. The normalized spacial score (nSPS) is 16.7. The van der Waals surface area contributed by atoms with E-state index in [0.717, 1.165) is 46.0 Å². The molecule has 1 atom stereocenters. The van der Waals surface area contributed by atoms with E-state index in [9.17, 15) is 14.7 Å². The Morgan fingerprint density at radius 1 is 0.809 bits per heavy atom. The predicted octanol–water partition coefficient (Wildman–Crippen LogP) is 5.49. The molecule has 0 bridgehead atoms. The molecule has 4 aromatic carbocycles. The second-order valence-electron chi connectivity index (χ2n) is 11.6. The summed E-state index contributed by atoms with van der Waals surface area (Å²) in [6, 6.07) is 26.0. The number of anilines is 2. The van der Waals surface area contributed by atoms with Crippen molar-refractivity contribution in [1.82, 2.24) is 8.75 Å². The Kier molecular flexibility index (Phi) is 8.93. The number of benzene rings is 4. The standard InChI is InChI=1S/C27H23N3O5S.C9H11NO/c1-30(2)19-7-3-16(4-8-19)13-20-25(17-5-9-21-22(14-17)29-36-28-21)26(31)35-27(20,32)18-6-10-23-24(15-18)34-12-11-33-23;1-10(2)9-5-3-8(7-11)4-6-9/h3-10,14-15,32H,11-13H2,1-2H3;3-7H,1-2H3. The number of rotatable bonds is 7. The van der Waals surface area contributed by atoms with Gasteiger partial charge in [0, 0.05) is 62.7 Å². The molecule has 10 nitrogen and oxygen atoms in total. The van der Waals surface area contributed by atoms with E-state index in [2.05, 4.69) is 8.75 Å². The molecule has 1 aromatic heterocycles. The number of aromatic nitrogens is 2. The van der Waals surface area contributed by atoms with Crippen LogP contribution in [0.3, 0.4) is 0 Å². The highest BCUT2D eigenvalue weighted by Crippen LogP contribution is 2.47. The first-order valence-electron chi connectivity index (χ1n) is 15.0. The third-order valence-electron chi connectivity index (χ3n) is 8.01. The number of carbonyl (C=O) groups excluding carboxylic acids is 2. The minimum atomic E-state index is -1.97. The van der Waals surface area contributed by atoms with Crippen LogP contribution < -0.4 is 19.3 Å². The highest BCUT2D eigenvalue weighted by molar-refractivity contribution is 7.00. The Bertz CT molecular complexity index is 1950. The lowest BCUT2D eigenvalue weighted by Gasteiger charge is -2.27. The zero-order valence-electron chi connectivity index (χ0n) is 26.5. The zero-order valence-corrected chi connectivity index (χ0v) is 27.3. The third-order valence-corrected chi connectivity index (χ3v) is 8.57. The fourth-order valence-corrected chi connectivity index (χ4v) is 5.95. The second-order valence-corrected chi connectivity index (χ2v) is 12.1. The number of aldehydes is 1. The molecule has 5 aromatic rings. The third kappa shape index (κ3) is 6.53. The number of nitrogens with zero attached hydrogens (tertiary/aromatic N) is 4. The van der Waals surface area contributed by atoms with E-state index in [1.807, 2.05) is 98.7 Å². The van der Waals surface area contributed by atoms with Gasteiger partial charge >= 0.3 is 5.97 Å². The number of cyclic esters (lactones) is 1. The summed E-state index contributed by atoms with van der Waals surface area (Å²) < 4.78 is 25.7. The van der Waals surface area contributed by atoms with Crippen molar-refractivity contribution >= 4 is 52.0 Å². The molecule has 47 heavy (non-hydrogen) atoms. The molecule has 2 aliphatic heterocycles. The molecule has 240 valence electrons. The summed E-state index contributed by atoms with van der Waals surface area (Å²) in [5.41, 5.74) is 7.02. The van der Waals surface area contributed by atoms with Crippen LogP contribution in [0.25, 0.3) is 16.6 Å². The maximum atomic E-state index is 13.3. The fourth-order valence-electron chi connectivity index (χ4n) is 5.43. The van der Waals surface area contributed by atoms with Gasteiger partial charge in [-0.2, -0.15) is 8.75 Å². The number of esters is 1. The monoisotopic (exact) mass is 650 g/mol. The zero-order chi connectivity index (χ0) is 33.1. The summed E-state index contributed by atoms with van der Waals surface area (Å²) in [5.74, 6) is -1.49. The maximum absolute atomic E-state index is 13.3. The van der Waals surface area contributed by atoms with Crippen molar-refractivity contribution in [1.29, 1.82) is 0 Å². The molecule has 0 saturated carbocycles. The van der Waals surface area contributed by atoms with Gasteiger partial charge in [-0.15, -0.1) is 0 Å². The van der Waals surface area contributed by atoms with Gasteiger partial charge < -0.3 is 29.1 Å². The Balaban J connectivity index is 0.000000300. The number of hydrogen-bond donors (Lipinski definition) is 1. The van der Waals surface area contributed by atoms with Crippen LogP contribution in [0.2, 0.25) is 0 Å². The number of ether oxygens (including phenoxy) is 3. The van der Waals surface area contributed by atoms with Crippen molar-refractivity contribution in [3.63, 3.8) is 0 Å². The van der Waals surface area contributed by atoms with Gasteiger partial charge in [0.2, 0.25) is 0 Å². The highest BCUT2D eigenvalue weighted by atomic mass is 32.1. The molecule has 2 aliphatic rings. The van der Waals surface area contributed by atoms with Crippen LogP contribution >= 0.6 is 11.7 Å². The average molecular weight is 651 g/mol. The number of fused-ring (bicyclic) bond motifs is 2. The molecule has 7 rings (SSSR count). The van der Waals surface area contributed by atoms with Crippen LogP contribution in [0.5, 0.6) is 11.5 Å². The lowest BCUT2D eigenvalue weighted by atomic mass is 9.88. The van der Waals surface area contributed by atoms with E-state index >= 15 is 0 Å².